The van der Waals surface area contributed by atoms with Gasteiger partial charge in [-0.1, -0.05) is 18.2 Å². The zero-order chi connectivity index (χ0) is 25.0. The van der Waals surface area contributed by atoms with Crippen molar-refractivity contribution >= 4 is 23.5 Å². The smallest absolute Gasteiger partial charge is 0.416 e. The van der Waals surface area contributed by atoms with Crippen LogP contribution in [0.3, 0.4) is 0 Å². The molecule has 0 radical (unpaired) electrons. The van der Waals surface area contributed by atoms with Gasteiger partial charge in [-0.2, -0.15) is 13.2 Å². The van der Waals surface area contributed by atoms with Crippen molar-refractivity contribution in [3.05, 3.63) is 64.7 Å². The summed E-state index contributed by atoms with van der Waals surface area (Å²) < 4.78 is 43.5. The molecule has 3 rings (SSSR count). The summed E-state index contributed by atoms with van der Waals surface area (Å²) in [5, 5.41) is 2.80. The van der Waals surface area contributed by atoms with Gasteiger partial charge in [-0.3, -0.25) is 14.4 Å². The molecule has 1 N–H and O–H groups in total. The fourth-order valence-corrected chi connectivity index (χ4v) is 3.86. The molecular formula is C25H27F3N2O4. The van der Waals surface area contributed by atoms with Gasteiger partial charge in [0.2, 0.25) is 0 Å². The molecule has 1 saturated heterocycles. The lowest BCUT2D eigenvalue weighted by atomic mass is 9.96. The van der Waals surface area contributed by atoms with Gasteiger partial charge in [0.05, 0.1) is 11.5 Å². The lowest BCUT2D eigenvalue weighted by molar-refractivity contribution is -0.158. The number of ether oxygens (including phenoxy) is 1. The number of esters is 1. The third kappa shape index (κ3) is 5.95. The molecular weight excluding hydrogens is 449 g/mol. The lowest BCUT2D eigenvalue weighted by Crippen LogP contribution is -2.41. The van der Waals surface area contributed by atoms with Gasteiger partial charge in [-0.15, -0.1) is 0 Å². The Hall–Kier alpha value is -3.36. The first-order valence-corrected chi connectivity index (χ1v) is 11.0. The van der Waals surface area contributed by atoms with E-state index in [2.05, 4.69) is 5.32 Å². The van der Waals surface area contributed by atoms with Gasteiger partial charge in [0.1, 0.15) is 0 Å². The van der Waals surface area contributed by atoms with E-state index in [9.17, 15) is 27.6 Å². The first kappa shape index (κ1) is 25.3. The highest BCUT2D eigenvalue weighted by Gasteiger charge is 2.32. The van der Waals surface area contributed by atoms with Crippen molar-refractivity contribution in [1.82, 2.24) is 4.90 Å². The van der Waals surface area contributed by atoms with Crippen LogP contribution in [0, 0.1) is 19.8 Å². The number of para-hydroxylation sites is 1. The molecule has 0 aliphatic carbocycles. The molecule has 1 unspecified atom stereocenters. The predicted molar refractivity (Wildman–Crippen MR) is 120 cm³/mol. The molecule has 1 aliphatic rings. The van der Waals surface area contributed by atoms with E-state index >= 15 is 0 Å². The van der Waals surface area contributed by atoms with Crippen molar-refractivity contribution < 1.29 is 32.3 Å². The van der Waals surface area contributed by atoms with Crippen LogP contribution in [0.25, 0.3) is 0 Å². The zero-order valence-electron chi connectivity index (χ0n) is 19.2. The second kappa shape index (κ2) is 10.3. The normalized spacial score (nSPS) is 15.5. The molecule has 0 bridgehead atoms. The molecule has 9 heteroatoms. The Morgan fingerprint density at radius 3 is 2.09 bits per heavy atom. The average molecular weight is 476 g/mol. The van der Waals surface area contributed by atoms with E-state index in [-0.39, 0.29) is 24.6 Å². The summed E-state index contributed by atoms with van der Waals surface area (Å²) in [6, 6.07) is 9.70. The molecule has 2 amide bonds. The summed E-state index contributed by atoms with van der Waals surface area (Å²) >= 11 is 0. The monoisotopic (exact) mass is 476 g/mol. The van der Waals surface area contributed by atoms with Crippen LogP contribution in [0.1, 0.15) is 46.8 Å². The Labute approximate surface area is 196 Å². The first-order valence-electron chi connectivity index (χ1n) is 11.0. The number of nitrogens with one attached hydrogen (secondary N) is 1. The van der Waals surface area contributed by atoms with Gasteiger partial charge < -0.3 is 15.0 Å². The second-order valence-corrected chi connectivity index (χ2v) is 8.48. The Morgan fingerprint density at radius 1 is 1.00 bits per heavy atom. The number of hydrogen-bond acceptors (Lipinski definition) is 4. The van der Waals surface area contributed by atoms with Crippen molar-refractivity contribution in [2.75, 3.05) is 18.4 Å². The molecule has 1 fully saturated rings. The molecule has 1 atom stereocenters. The molecule has 1 aliphatic heterocycles. The van der Waals surface area contributed by atoms with Crippen molar-refractivity contribution in [2.45, 2.75) is 45.9 Å². The predicted octanol–water partition coefficient (Wildman–Crippen LogP) is 4.74. The number of amides is 2. The molecule has 0 saturated carbocycles. The van der Waals surface area contributed by atoms with Gasteiger partial charge in [-0.25, -0.2) is 0 Å². The number of nitrogens with zero attached hydrogens (tertiary/aromatic N) is 1. The van der Waals surface area contributed by atoms with Gasteiger partial charge in [0, 0.05) is 24.3 Å². The third-order valence-electron chi connectivity index (χ3n) is 5.97. The van der Waals surface area contributed by atoms with Crippen LogP contribution in [0.15, 0.2) is 42.5 Å². The van der Waals surface area contributed by atoms with Crippen LogP contribution < -0.4 is 5.32 Å². The maximum absolute atomic E-state index is 12.7. The number of benzene rings is 2. The molecule has 2 aromatic carbocycles. The molecule has 182 valence electrons. The quantitative estimate of drug-likeness (QED) is 0.633. The van der Waals surface area contributed by atoms with Crippen molar-refractivity contribution in [3.63, 3.8) is 0 Å². The highest BCUT2D eigenvalue weighted by molar-refractivity contribution is 5.96. The highest BCUT2D eigenvalue weighted by atomic mass is 19.4. The van der Waals surface area contributed by atoms with E-state index < -0.39 is 35.6 Å². The number of carbonyl (C=O) groups is 3. The van der Waals surface area contributed by atoms with Crippen LogP contribution in [-0.4, -0.2) is 41.9 Å². The Kier molecular flexibility index (Phi) is 7.64. The zero-order valence-corrected chi connectivity index (χ0v) is 19.2. The van der Waals surface area contributed by atoms with E-state index in [4.69, 9.17) is 4.74 Å². The minimum absolute atomic E-state index is 0.158. The summed E-state index contributed by atoms with van der Waals surface area (Å²) in [6.07, 6.45) is -4.77. The van der Waals surface area contributed by atoms with E-state index in [1.807, 2.05) is 32.0 Å². The minimum Gasteiger partial charge on any atom is -0.452 e. The second-order valence-electron chi connectivity index (χ2n) is 8.48. The summed E-state index contributed by atoms with van der Waals surface area (Å²) in [5.74, 6) is -1.79. The van der Waals surface area contributed by atoms with Gasteiger partial charge in [0.15, 0.2) is 6.10 Å². The minimum atomic E-state index is -4.47. The number of halogens is 3. The van der Waals surface area contributed by atoms with Gasteiger partial charge in [-0.05, 0) is 69.0 Å². The summed E-state index contributed by atoms with van der Waals surface area (Å²) in [5.41, 5.74) is 1.83. The molecule has 2 aromatic rings. The van der Waals surface area contributed by atoms with Crippen LogP contribution in [0.2, 0.25) is 0 Å². The number of rotatable bonds is 5. The topological polar surface area (TPSA) is 75.7 Å². The number of aryl methyl sites for hydroxylation is 2. The lowest BCUT2D eigenvalue weighted by Gasteiger charge is -2.31. The Balaban J connectivity index is 1.51. The fraction of sp³-hybridized carbons (Fsp3) is 0.400. The number of piperidine rings is 1. The molecule has 34 heavy (non-hydrogen) atoms. The fourth-order valence-electron chi connectivity index (χ4n) is 3.86. The van der Waals surface area contributed by atoms with E-state index in [0.717, 1.165) is 35.4 Å². The number of anilines is 1. The first-order chi connectivity index (χ1) is 16.0. The highest BCUT2D eigenvalue weighted by Crippen LogP contribution is 2.29. The average Bonchev–Trinajstić information content (AvgIpc) is 2.80. The maximum atomic E-state index is 12.7. The SMILES string of the molecule is Cc1cccc(C)c1NC(=O)C(C)OC(=O)C1CCN(C(=O)c2ccc(C(F)(F)F)cc2)CC1. The van der Waals surface area contributed by atoms with Crippen molar-refractivity contribution in [2.24, 2.45) is 5.92 Å². The molecule has 1 heterocycles. The van der Waals surface area contributed by atoms with Gasteiger partial charge in [0.25, 0.3) is 11.8 Å². The van der Waals surface area contributed by atoms with Gasteiger partial charge >= 0.3 is 12.1 Å². The van der Waals surface area contributed by atoms with Crippen molar-refractivity contribution in [1.29, 1.82) is 0 Å². The Bertz CT molecular complexity index is 1040. The summed E-state index contributed by atoms with van der Waals surface area (Å²) in [6.45, 7) is 5.79. The van der Waals surface area contributed by atoms with Crippen molar-refractivity contribution in [3.8, 4) is 0 Å². The third-order valence-corrected chi connectivity index (χ3v) is 5.97. The van der Waals surface area contributed by atoms with Crippen LogP contribution in [-0.2, 0) is 20.5 Å². The summed E-state index contributed by atoms with van der Waals surface area (Å²) in [7, 11) is 0. The maximum Gasteiger partial charge on any atom is 0.416 e. The number of likely N-dealkylation sites (tertiary alicyclic amines) is 1. The van der Waals surface area contributed by atoms with E-state index in [1.165, 1.54) is 11.8 Å². The standard InChI is InChI=1S/C25H27F3N2O4/c1-15-5-4-6-16(2)21(15)29-22(31)17(3)34-24(33)19-11-13-30(14-12-19)23(32)18-7-9-20(10-8-18)25(26,27)28/h4-10,17,19H,11-14H2,1-3H3,(H,29,31). The van der Waals surface area contributed by atoms with E-state index in [0.29, 0.717) is 18.5 Å². The van der Waals surface area contributed by atoms with E-state index in [1.54, 1.807) is 0 Å². The Morgan fingerprint density at radius 2 is 1.56 bits per heavy atom. The number of hydrogen-bond donors (Lipinski definition) is 1. The largest absolute Gasteiger partial charge is 0.452 e. The van der Waals surface area contributed by atoms with Crippen LogP contribution in [0.5, 0.6) is 0 Å². The number of carbonyl (C=O) groups excluding carboxylic acids is 3. The summed E-state index contributed by atoms with van der Waals surface area (Å²) in [4.78, 5) is 39.2. The van der Waals surface area contributed by atoms with Crippen LogP contribution >= 0.6 is 0 Å². The molecule has 6 nitrogen and oxygen atoms in total. The number of alkyl halides is 3. The molecule has 0 aromatic heterocycles. The molecule has 0 spiro atoms. The van der Waals surface area contributed by atoms with Crippen LogP contribution in [0.4, 0.5) is 18.9 Å².